The van der Waals surface area contributed by atoms with Crippen molar-refractivity contribution in [3.05, 3.63) is 47.5 Å². The molecular weight excluding hydrogens is 300 g/mol. The molecule has 120 valence electrons. The maximum absolute atomic E-state index is 12.7. The topological polar surface area (TPSA) is 46.5 Å². The molecule has 0 radical (unpaired) electrons. The highest BCUT2D eigenvalue weighted by molar-refractivity contribution is 6.30. The minimum absolute atomic E-state index is 0.306. The zero-order chi connectivity index (χ0) is 16.2. The number of ether oxygens (including phenoxy) is 1. The van der Waals surface area contributed by atoms with E-state index in [1.807, 2.05) is 18.2 Å². The molecule has 0 bridgehead atoms. The van der Waals surface area contributed by atoms with Crippen molar-refractivity contribution in [1.82, 2.24) is 0 Å². The van der Waals surface area contributed by atoms with Gasteiger partial charge in [-0.15, -0.1) is 6.58 Å². The van der Waals surface area contributed by atoms with Crippen LogP contribution in [0.3, 0.4) is 0 Å². The summed E-state index contributed by atoms with van der Waals surface area (Å²) >= 11 is 6.05. The Balaban J connectivity index is 2.41. The Kier molecular flexibility index (Phi) is 5.30. The highest BCUT2D eigenvalue weighted by atomic mass is 35.5. The van der Waals surface area contributed by atoms with Crippen LogP contribution in [0.15, 0.2) is 36.9 Å². The van der Waals surface area contributed by atoms with Gasteiger partial charge in [-0.05, 0) is 56.7 Å². The monoisotopic (exact) mass is 322 g/mol. The number of hydrogen-bond donors (Lipinski definition) is 1. The molecule has 22 heavy (non-hydrogen) atoms. The van der Waals surface area contributed by atoms with Crippen molar-refractivity contribution in [2.24, 2.45) is 5.41 Å². The summed E-state index contributed by atoms with van der Waals surface area (Å²) in [6, 6.07) is 7.43. The largest absolute Gasteiger partial charge is 0.465 e. The van der Waals surface area contributed by atoms with Crippen molar-refractivity contribution in [3.8, 4) is 0 Å². The molecule has 1 fully saturated rings. The first-order valence-electron chi connectivity index (χ1n) is 7.72. The van der Waals surface area contributed by atoms with E-state index in [1.54, 1.807) is 19.1 Å². The van der Waals surface area contributed by atoms with Crippen LogP contribution in [0.5, 0.6) is 0 Å². The summed E-state index contributed by atoms with van der Waals surface area (Å²) in [5.74, 6) is -0.322. The lowest BCUT2D eigenvalue weighted by molar-refractivity contribution is -0.171. The molecule has 0 unspecified atom stereocenters. The van der Waals surface area contributed by atoms with Crippen molar-refractivity contribution in [2.75, 3.05) is 6.61 Å². The smallest absolute Gasteiger partial charge is 0.315 e. The standard InChI is InChI=1S/C18H23ClO3/c1-3-9-18(21)11-6-10-17(18,16(20)22-4-2)13-14-7-5-8-15(19)12-14/h3,5,7-8,12,21H,1,4,6,9-11,13H2,2H3/t17-,18-/m1/s1. The molecule has 3 nitrogen and oxygen atoms in total. The molecule has 4 heteroatoms. The maximum atomic E-state index is 12.7. The van der Waals surface area contributed by atoms with Crippen LogP contribution in [0, 0.1) is 5.41 Å². The third kappa shape index (κ3) is 3.06. The number of esters is 1. The molecule has 0 aromatic heterocycles. The van der Waals surface area contributed by atoms with Crippen molar-refractivity contribution in [2.45, 2.75) is 44.6 Å². The van der Waals surface area contributed by atoms with E-state index in [0.717, 1.165) is 12.0 Å². The van der Waals surface area contributed by atoms with Gasteiger partial charge >= 0.3 is 5.97 Å². The van der Waals surface area contributed by atoms with Crippen LogP contribution < -0.4 is 0 Å². The van der Waals surface area contributed by atoms with E-state index in [2.05, 4.69) is 6.58 Å². The predicted molar refractivity (Wildman–Crippen MR) is 87.8 cm³/mol. The Morgan fingerprint density at radius 1 is 1.50 bits per heavy atom. The quantitative estimate of drug-likeness (QED) is 0.637. The van der Waals surface area contributed by atoms with Crippen molar-refractivity contribution >= 4 is 17.6 Å². The first kappa shape index (κ1) is 17.0. The minimum Gasteiger partial charge on any atom is -0.465 e. The lowest BCUT2D eigenvalue weighted by Gasteiger charge is -2.40. The van der Waals surface area contributed by atoms with Crippen LogP contribution in [-0.4, -0.2) is 23.3 Å². The van der Waals surface area contributed by atoms with Crippen LogP contribution in [0.2, 0.25) is 5.02 Å². The fourth-order valence-electron chi connectivity index (χ4n) is 3.57. The predicted octanol–water partition coefficient (Wildman–Crippen LogP) is 3.92. The number of halogens is 1. The molecule has 2 rings (SSSR count). The lowest BCUT2D eigenvalue weighted by Crippen LogP contribution is -2.51. The summed E-state index contributed by atoms with van der Waals surface area (Å²) in [6.07, 6.45) is 4.48. The maximum Gasteiger partial charge on any atom is 0.315 e. The molecule has 1 aromatic rings. The molecule has 1 N–H and O–H groups in total. The van der Waals surface area contributed by atoms with Crippen molar-refractivity contribution < 1.29 is 14.6 Å². The van der Waals surface area contributed by atoms with Crippen LogP contribution >= 0.6 is 11.6 Å². The van der Waals surface area contributed by atoms with E-state index >= 15 is 0 Å². The third-order valence-electron chi connectivity index (χ3n) is 4.63. The first-order chi connectivity index (χ1) is 10.5. The number of aliphatic hydroxyl groups is 1. The van der Waals surface area contributed by atoms with Crippen LogP contribution in [-0.2, 0) is 16.0 Å². The summed E-state index contributed by atoms with van der Waals surface area (Å²) in [7, 11) is 0. The van der Waals surface area contributed by atoms with Crippen molar-refractivity contribution in [3.63, 3.8) is 0 Å². The summed E-state index contributed by atoms with van der Waals surface area (Å²) in [5, 5.41) is 11.8. The Bertz CT molecular complexity index is 557. The average molecular weight is 323 g/mol. The Morgan fingerprint density at radius 2 is 2.27 bits per heavy atom. The zero-order valence-electron chi connectivity index (χ0n) is 13.0. The van der Waals surface area contributed by atoms with Gasteiger partial charge < -0.3 is 9.84 Å². The molecule has 0 saturated heterocycles. The van der Waals surface area contributed by atoms with E-state index in [1.165, 1.54) is 0 Å². The normalized spacial score (nSPS) is 27.6. The van der Waals surface area contributed by atoms with Gasteiger partial charge in [0.2, 0.25) is 0 Å². The SMILES string of the molecule is C=CC[C@@]1(O)CCC[C@@]1(Cc1cccc(Cl)c1)C(=O)OCC. The fourth-order valence-corrected chi connectivity index (χ4v) is 3.79. The van der Waals surface area contributed by atoms with E-state index in [9.17, 15) is 9.90 Å². The Hall–Kier alpha value is -1.32. The number of rotatable bonds is 6. The second kappa shape index (κ2) is 6.84. The molecule has 1 aliphatic rings. The number of carbonyl (C=O) groups is 1. The Morgan fingerprint density at radius 3 is 2.91 bits per heavy atom. The van der Waals surface area contributed by atoms with Crippen LogP contribution in [0.1, 0.15) is 38.2 Å². The zero-order valence-corrected chi connectivity index (χ0v) is 13.7. The molecule has 0 spiro atoms. The average Bonchev–Trinajstić information content (AvgIpc) is 2.77. The molecule has 2 atom stereocenters. The molecule has 1 aliphatic carbocycles. The summed E-state index contributed by atoms with van der Waals surface area (Å²) < 4.78 is 5.31. The molecular formula is C18H23ClO3. The molecule has 0 aliphatic heterocycles. The first-order valence-corrected chi connectivity index (χ1v) is 8.10. The minimum atomic E-state index is -1.11. The van der Waals surface area contributed by atoms with E-state index in [0.29, 0.717) is 37.3 Å². The van der Waals surface area contributed by atoms with Gasteiger partial charge in [0.1, 0.15) is 5.41 Å². The van der Waals surface area contributed by atoms with Gasteiger partial charge in [0.05, 0.1) is 12.2 Å². The summed E-state index contributed by atoms with van der Waals surface area (Å²) in [5.41, 5.74) is -1.10. The van der Waals surface area contributed by atoms with Gasteiger partial charge in [-0.3, -0.25) is 4.79 Å². The second-order valence-electron chi connectivity index (χ2n) is 5.99. The van der Waals surface area contributed by atoms with Crippen LogP contribution in [0.25, 0.3) is 0 Å². The van der Waals surface area contributed by atoms with E-state index in [4.69, 9.17) is 16.3 Å². The van der Waals surface area contributed by atoms with Gasteiger partial charge in [-0.1, -0.05) is 29.8 Å². The van der Waals surface area contributed by atoms with Gasteiger partial charge in [0.25, 0.3) is 0 Å². The molecule has 1 aromatic carbocycles. The second-order valence-corrected chi connectivity index (χ2v) is 6.42. The van der Waals surface area contributed by atoms with E-state index in [-0.39, 0.29) is 5.97 Å². The third-order valence-corrected chi connectivity index (χ3v) is 4.86. The van der Waals surface area contributed by atoms with Gasteiger partial charge in [-0.2, -0.15) is 0 Å². The molecule has 1 saturated carbocycles. The fraction of sp³-hybridized carbons (Fsp3) is 0.500. The van der Waals surface area contributed by atoms with Gasteiger partial charge in [0, 0.05) is 5.02 Å². The molecule has 0 heterocycles. The van der Waals surface area contributed by atoms with Gasteiger partial charge in [0.15, 0.2) is 0 Å². The highest BCUT2D eigenvalue weighted by Gasteiger charge is 2.58. The van der Waals surface area contributed by atoms with Crippen LogP contribution in [0.4, 0.5) is 0 Å². The Labute approximate surface area is 136 Å². The van der Waals surface area contributed by atoms with E-state index < -0.39 is 11.0 Å². The van der Waals surface area contributed by atoms with Crippen molar-refractivity contribution in [1.29, 1.82) is 0 Å². The summed E-state index contributed by atoms with van der Waals surface area (Å²) in [6.45, 7) is 5.82. The summed E-state index contributed by atoms with van der Waals surface area (Å²) in [4.78, 5) is 12.7. The highest BCUT2D eigenvalue weighted by Crippen LogP contribution is 2.51. The number of carbonyl (C=O) groups excluding carboxylic acids is 1. The number of hydrogen-bond acceptors (Lipinski definition) is 3. The number of benzene rings is 1. The molecule has 0 amide bonds. The van der Waals surface area contributed by atoms with Gasteiger partial charge in [-0.25, -0.2) is 0 Å². The lowest BCUT2D eigenvalue weighted by atomic mass is 9.68.